The van der Waals surface area contributed by atoms with Gasteiger partial charge in [0.2, 0.25) is 11.6 Å². The molecule has 0 aliphatic heterocycles. The van der Waals surface area contributed by atoms with Gasteiger partial charge in [-0.2, -0.15) is 5.26 Å². The van der Waals surface area contributed by atoms with Crippen LogP contribution < -0.4 is 4.74 Å². The zero-order valence-electron chi connectivity index (χ0n) is 10.4. The minimum Gasteiger partial charge on any atom is -0.477 e. The molecule has 21 heavy (non-hydrogen) atoms. The van der Waals surface area contributed by atoms with Gasteiger partial charge in [-0.3, -0.25) is 10.1 Å². The summed E-state index contributed by atoms with van der Waals surface area (Å²) in [6.45, 7) is 0. The van der Waals surface area contributed by atoms with Crippen molar-refractivity contribution in [2.75, 3.05) is 0 Å². The van der Waals surface area contributed by atoms with Crippen molar-refractivity contribution < 1.29 is 19.6 Å². The largest absolute Gasteiger partial charge is 0.477 e. The lowest BCUT2D eigenvalue weighted by Crippen LogP contribution is -2.02. The molecule has 0 fully saturated rings. The lowest BCUT2D eigenvalue weighted by Gasteiger charge is -2.07. The average molecular weight is 285 g/mol. The van der Waals surface area contributed by atoms with Gasteiger partial charge in [-0.25, -0.2) is 9.78 Å². The molecule has 104 valence electrons. The normalized spacial score (nSPS) is 9.67. The van der Waals surface area contributed by atoms with Crippen LogP contribution in [-0.4, -0.2) is 21.0 Å². The number of carbonyl (C=O) groups is 1. The number of aromatic carboxylic acids is 1. The van der Waals surface area contributed by atoms with Crippen LogP contribution in [0.1, 0.15) is 15.9 Å². The first kappa shape index (κ1) is 14.0. The molecule has 2 aromatic rings. The van der Waals surface area contributed by atoms with Gasteiger partial charge in [-0.05, 0) is 24.3 Å². The maximum absolute atomic E-state index is 11.0. The van der Waals surface area contributed by atoms with Crippen molar-refractivity contribution in [3.63, 3.8) is 0 Å². The average Bonchev–Trinajstić information content (AvgIpc) is 2.47. The monoisotopic (exact) mass is 285 g/mol. The van der Waals surface area contributed by atoms with Gasteiger partial charge in [-0.15, -0.1) is 0 Å². The molecule has 0 aliphatic carbocycles. The van der Waals surface area contributed by atoms with Gasteiger partial charge in [0.05, 0.1) is 16.6 Å². The van der Waals surface area contributed by atoms with Gasteiger partial charge < -0.3 is 9.84 Å². The highest BCUT2D eigenvalue weighted by Gasteiger charge is 2.20. The topological polar surface area (TPSA) is 126 Å². The Hall–Kier alpha value is -3.47. The standard InChI is InChI=1S/C13H7N3O5/c14-7-8-3-4-11(10(6-8)16(19)20)21-12-9(13(17)18)2-1-5-15-12/h1-6H,(H,17,18). The second kappa shape index (κ2) is 5.66. The van der Waals surface area contributed by atoms with Crippen LogP contribution in [0.4, 0.5) is 5.69 Å². The van der Waals surface area contributed by atoms with Gasteiger partial charge in [0.1, 0.15) is 5.56 Å². The summed E-state index contributed by atoms with van der Waals surface area (Å²) in [5.74, 6) is -1.73. The Bertz CT molecular complexity index is 767. The first-order chi connectivity index (χ1) is 10.0. The lowest BCUT2D eigenvalue weighted by atomic mass is 10.2. The summed E-state index contributed by atoms with van der Waals surface area (Å²) in [4.78, 5) is 25.0. The maximum atomic E-state index is 11.0. The molecule has 1 N–H and O–H groups in total. The number of nitriles is 1. The Labute approximate surface area is 118 Å². The molecule has 1 heterocycles. The molecule has 0 unspecified atom stereocenters. The summed E-state index contributed by atoms with van der Waals surface area (Å²) in [6.07, 6.45) is 1.30. The van der Waals surface area contributed by atoms with E-state index in [0.717, 1.165) is 6.07 Å². The number of pyridine rings is 1. The molecule has 0 saturated carbocycles. The number of carboxylic acid groups (broad SMARTS) is 1. The number of hydrogen-bond acceptors (Lipinski definition) is 6. The Morgan fingerprint density at radius 3 is 2.81 bits per heavy atom. The molecule has 0 amide bonds. The van der Waals surface area contributed by atoms with E-state index in [-0.39, 0.29) is 22.8 Å². The van der Waals surface area contributed by atoms with E-state index in [1.54, 1.807) is 6.07 Å². The number of ether oxygens (including phenoxy) is 1. The zero-order valence-corrected chi connectivity index (χ0v) is 10.4. The molecular formula is C13H7N3O5. The van der Waals surface area contributed by atoms with E-state index in [9.17, 15) is 14.9 Å². The molecular weight excluding hydrogens is 278 g/mol. The molecule has 8 nitrogen and oxygen atoms in total. The smallest absolute Gasteiger partial charge is 0.341 e. The SMILES string of the molecule is N#Cc1ccc(Oc2ncccc2C(=O)O)c([N+](=O)[O-])c1. The van der Waals surface area contributed by atoms with Gasteiger partial charge in [-0.1, -0.05) is 0 Å². The van der Waals surface area contributed by atoms with Crippen molar-refractivity contribution in [2.45, 2.75) is 0 Å². The molecule has 0 spiro atoms. The van der Waals surface area contributed by atoms with E-state index >= 15 is 0 Å². The minimum atomic E-state index is -1.27. The summed E-state index contributed by atoms with van der Waals surface area (Å²) >= 11 is 0. The lowest BCUT2D eigenvalue weighted by molar-refractivity contribution is -0.385. The number of rotatable bonds is 4. The number of benzene rings is 1. The van der Waals surface area contributed by atoms with Gasteiger partial charge >= 0.3 is 11.7 Å². The fourth-order valence-corrected chi connectivity index (χ4v) is 1.55. The Morgan fingerprint density at radius 2 is 2.19 bits per heavy atom. The zero-order chi connectivity index (χ0) is 15.4. The predicted molar refractivity (Wildman–Crippen MR) is 69.1 cm³/mol. The summed E-state index contributed by atoms with van der Waals surface area (Å²) < 4.78 is 5.22. The van der Waals surface area contributed by atoms with Crippen molar-refractivity contribution in [3.05, 3.63) is 57.8 Å². The molecule has 8 heteroatoms. The first-order valence-corrected chi connectivity index (χ1v) is 5.57. The van der Waals surface area contributed by atoms with Crippen LogP contribution in [0.2, 0.25) is 0 Å². The molecule has 0 bridgehead atoms. The minimum absolute atomic E-state index is 0.0912. The molecule has 0 atom stereocenters. The van der Waals surface area contributed by atoms with E-state index in [4.69, 9.17) is 15.1 Å². The van der Waals surface area contributed by atoms with Crippen LogP contribution in [0.15, 0.2) is 36.5 Å². The highest BCUT2D eigenvalue weighted by Crippen LogP contribution is 2.32. The molecule has 0 aliphatic rings. The van der Waals surface area contributed by atoms with Crippen LogP contribution in [0.3, 0.4) is 0 Å². The molecule has 0 radical (unpaired) electrons. The summed E-state index contributed by atoms with van der Waals surface area (Å²) in [5, 5.41) is 28.7. The number of nitrogens with zero attached hydrogens (tertiary/aromatic N) is 3. The first-order valence-electron chi connectivity index (χ1n) is 5.57. The van der Waals surface area contributed by atoms with Crippen molar-refractivity contribution in [1.82, 2.24) is 4.98 Å². The number of aromatic nitrogens is 1. The highest BCUT2D eigenvalue weighted by molar-refractivity contribution is 5.90. The van der Waals surface area contributed by atoms with E-state index in [1.165, 1.54) is 30.5 Å². The Balaban J connectivity index is 2.48. The van der Waals surface area contributed by atoms with Crippen molar-refractivity contribution in [1.29, 1.82) is 5.26 Å². The third-order valence-corrected chi connectivity index (χ3v) is 2.49. The number of hydrogen-bond donors (Lipinski definition) is 1. The van der Waals surface area contributed by atoms with Gasteiger partial charge in [0.25, 0.3) is 0 Å². The summed E-state index contributed by atoms with van der Waals surface area (Å²) in [5.41, 5.74) is -0.583. The predicted octanol–water partition coefficient (Wildman–Crippen LogP) is 2.35. The fourth-order valence-electron chi connectivity index (χ4n) is 1.55. The van der Waals surface area contributed by atoms with Crippen LogP contribution in [-0.2, 0) is 0 Å². The molecule has 1 aromatic carbocycles. The quantitative estimate of drug-likeness (QED) is 0.674. The molecule has 0 saturated heterocycles. The van der Waals surface area contributed by atoms with E-state index in [0.29, 0.717) is 0 Å². The van der Waals surface area contributed by atoms with E-state index in [1.807, 2.05) is 0 Å². The third kappa shape index (κ3) is 2.93. The Morgan fingerprint density at radius 1 is 1.43 bits per heavy atom. The molecule has 2 rings (SSSR count). The number of nitro benzene ring substituents is 1. The van der Waals surface area contributed by atoms with Crippen molar-refractivity contribution in [3.8, 4) is 17.7 Å². The third-order valence-electron chi connectivity index (χ3n) is 2.49. The van der Waals surface area contributed by atoms with E-state index < -0.39 is 16.6 Å². The second-order valence-electron chi connectivity index (χ2n) is 3.81. The van der Waals surface area contributed by atoms with Crippen LogP contribution in [0, 0.1) is 21.4 Å². The van der Waals surface area contributed by atoms with Crippen molar-refractivity contribution >= 4 is 11.7 Å². The maximum Gasteiger partial charge on any atom is 0.341 e. The second-order valence-corrected chi connectivity index (χ2v) is 3.81. The van der Waals surface area contributed by atoms with Crippen LogP contribution in [0.5, 0.6) is 11.6 Å². The van der Waals surface area contributed by atoms with Crippen LogP contribution in [0.25, 0.3) is 0 Å². The highest BCUT2D eigenvalue weighted by atomic mass is 16.6. The van der Waals surface area contributed by atoms with Crippen LogP contribution >= 0.6 is 0 Å². The Kier molecular flexibility index (Phi) is 3.76. The number of carboxylic acids is 1. The fraction of sp³-hybridized carbons (Fsp3) is 0. The summed E-state index contributed by atoms with van der Waals surface area (Å²) in [6, 6.07) is 8.03. The van der Waals surface area contributed by atoms with Gasteiger partial charge in [0.15, 0.2) is 0 Å². The van der Waals surface area contributed by atoms with Gasteiger partial charge in [0, 0.05) is 12.3 Å². The summed E-state index contributed by atoms with van der Waals surface area (Å²) in [7, 11) is 0. The van der Waals surface area contributed by atoms with E-state index in [2.05, 4.69) is 4.98 Å². The number of nitro groups is 1. The molecule has 1 aromatic heterocycles. The van der Waals surface area contributed by atoms with Crippen molar-refractivity contribution in [2.24, 2.45) is 0 Å².